The van der Waals surface area contributed by atoms with Gasteiger partial charge in [-0.3, -0.25) is 9.78 Å². The minimum absolute atomic E-state index is 0.0281. The van der Waals surface area contributed by atoms with Gasteiger partial charge in [0, 0.05) is 17.9 Å². The van der Waals surface area contributed by atoms with E-state index in [4.69, 9.17) is 4.74 Å². The summed E-state index contributed by atoms with van der Waals surface area (Å²) in [5.41, 5.74) is 4.27. The highest BCUT2D eigenvalue weighted by atomic mass is 16.5. The quantitative estimate of drug-likeness (QED) is 0.511. The second-order valence-corrected chi connectivity index (χ2v) is 8.23. The van der Waals surface area contributed by atoms with Crippen LogP contribution in [0.25, 0.3) is 0 Å². The van der Waals surface area contributed by atoms with Crippen LogP contribution in [0.3, 0.4) is 0 Å². The summed E-state index contributed by atoms with van der Waals surface area (Å²) in [5, 5.41) is 15.9. The number of carbonyl (C=O) groups excluding carboxylic acids is 1. The number of pyridine rings is 1. The van der Waals surface area contributed by atoms with Gasteiger partial charge in [-0.05, 0) is 80.6 Å². The summed E-state index contributed by atoms with van der Waals surface area (Å²) >= 11 is 0. The van der Waals surface area contributed by atoms with Crippen LogP contribution in [-0.2, 0) is 6.61 Å². The van der Waals surface area contributed by atoms with Gasteiger partial charge in [0.1, 0.15) is 18.4 Å². The average molecular weight is 427 g/mol. The Balaban J connectivity index is 1.61. The van der Waals surface area contributed by atoms with Gasteiger partial charge in [0.25, 0.3) is 5.91 Å². The second kappa shape index (κ2) is 9.52. The number of carbonyl (C=O) groups is 1. The predicted octanol–water partition coefficient (Wildman–Crippen LogP) is 5.29. The lowest BCUT2D eigenvalue weighted by Crippen LogP contribution is -2.31. The number of benzene rings is 2. The highest BCUT2D eigenvalue weighted by molar-refractivity contribution is 6.02. The molecule has 0 atom stereocenters. The van der Waals surface area contributed by atoms with Crippen molar-refractivity contribution >= 4 is 17.3 Å². The molecule has 32 heavy (non-hydrogen) atoms. The smallest absolute Gasteiger partial charge is 0.254 e. The van der Waals surface area contributed by atoms with E-state index in [9.17, 15) is 10.1 Å². The fourth-order valence-electron chi connectivity index (χ4n) is 3.59. The normalized spacial score (nSPS) is 12.8. The Morgan fingerprint density at radius 1 is 1.16 bits per heavy atom. The Morgan fingerprint density at radius 2 is 2.00 bits per heavy atom. The van der Waals surface area contributed by atoms with Crippen LogP contribution in [-0.4, -0.2) is 16.9 Å². The van der Waals surface area contributed by atoms with Crippen molar-refractivity contribution < 1.29 is 9.53 Å². The van der Waals surface area contributed by atoms with Crippen LogP contribution < -0.4 is 15.4 Å². The van der Waals surface area contributed by atoms with Gasteiger partial charge in [0.15, 0.2) is 0 Å². The molecule has 0 radical (unpaired) electrons. The third-order valence-corrected chi connectivity index (χ3v) is 5.25. The highest BCUT2D eigenvalue weighted by Gasteiger charge is 2.27. The molecule has 6 nitrogen and oxygen atoms in total. The van der Waals surface area contributed by atoms with E-state index in [0.717, 1.165) is 35.5 Å². The molecule has 4 rings (SSSR count). The van der Waals surface area contributed by atoms with Gasteiger partial charge in [-0.25, -0.2) is 0 Å². The summed E-state index contributed by atoms with van der Waals surface area (Å²) in [4.78, 5) is 17.1. The minimum Gasteiger partial charge on any atom is -0.487 e. The summed E-state index contributed by atoms with van der Waals surface area (Å²) < 4.78 is 5.96. The molecule has 3 aromatic rings. The first-order valence-electron chi connectivity index (χ1n) is 10.8. The Kier molecular flexibility index (Phi) is 6.37. The zero-order valence-electron chi connectivity index (χ0n) is 18.3. The van der Waals surface area contributed by atoms with E-state index in [1.165, 1.54) is 0 Å². The summed E-state index contributed by atoms with van der Waals surface area (Å²) in [6.07, 6.45) is 4.00. The van der Waals surface area contributed by atoms with Crippen LogP contribution >= 0.6 is 0 Å². The van der Waals surface area contributed by atoms with Crippen molar-refractivity contribution in [2.45, 2.75) is 45.3 Å². The van der Waals surface area contributed by atoms with Crippen LogP contribution in [0.5, 0.6) is 5.75 Å². The fourth-order valence-corrected chi connectivity index (χ4v) is 3.59. The topological polar surface area (TPSA) is 87.0 Å². The van der Waals surface area contributed by atoms with Crippen LogP contribution in [0.2, 0.25) is 0 Å². The first-order valence-corrected chi connectivity index (χ1v) is 10.8. The number of nitriles is 1. The molecule has 1 aliphatic carbocycles. The van der Waals surface area contributed by atoms with Gasteiger partial charge in [0.2, 0.25) is 0 Å². The zero-order chi connectivity index (χ0) is 22.5. The summed E-state index contributed by atoms with van der Waals surface area (Å²) in [6.45, 7) is 4.20. The maximum atomic E-state index is 12.8. The molecule has 1 aliphatic rings. The van der Waals surface area contributed by atoms with Crippen molar-refractivity contribution in [2.24, 2.45) is 0 Å². The van der Waals surface area contributed by atoms with Gasteiger partial charge in [-0.2, -0.15) is 5.26 Å². The van der Waals surface area contributed by atoms with E-state index < -0.39 is 0 Å². The lowest BCUT2D eigenvalue weighted by molar-refractivity contribution is 0.0943. The van der Waals surface area contributed by atoms with E-state index in [0.29, 0.717) is 29.3 Å². The monoisotopic (exact) mass is 426 g/mol. The number of anilines is 2. The van der Waals surface area contributed by atoms with Crippen LogP contribution in [0, 0.1) is 11.3 Å². The number of nitrogens with zero attached hydrogens (tertiary/aromatic N) is 2. The maximum Gasteiger partial charge on any atom is 0.254 e. The number of aromatic nitrogens is 1. The van der Waals surface area contributed by atoms with E-state index >= 15 is 0 Å². The molecule has 1 amide bonds. The fraction of sp³-hybridized carbons (Fsp3) is 0.269. The number of hydrogen-bond donors (Lipinski definition) is 2. The summed E-state index contributed by atoms with van der Waals surface area (Å²) in [5.74, 6) is 0.984. The lowest BCUT2D eigenvalue weighted by Gasteiger charge is -2.18. The molecule has 162 valence electrons. The molecule has 0 bridgehead atoms. The van der Waals surface area contributed by atoms with Crippen molar-refractivity contribution in [3.63, 3.8) is 0 Å². The first-order chi connectivity index (χ1) is 15.5. The molecule has 6 heteroatoms. The first kappa shape index (κ1) is 21.4. The Morgan fingerprint density at radius 3 is 2.69 bits per heavy atom. The van der Waals surface area contributed by atoms with Crippen molar-refractivity contribution in [3.05, 3.63) is 83.2 Å². The van der Waals surface area contributed by atoms with E-state index in [1.54, 1.807) is 18.3 Å². The molecule has 2 aromatic carbocycles. The summed E-state index contributed by atoms with van der Waals surface area (Å²) in [7, 11) is 0. The third-order valence-electron chi connectivity index (χ3n) is 5.25. The van der Waals surface area contributed by atoms with Crippen LogP contribution in [0.15, 0.2) is 60.8 Å². The number of amides is 1. The molecular weight excluding hydrogens is 400 g/mol. The van der Waals surface area contributed by atoms with Crippen molar-refractivity contribution in [2.75, 3.05) is 5.32 Å². The molecule has 1 aromatic heterocycles. The minimum atomic E-state index is -0.261. The number of rotatable bonds is 8. The van der Waals surface area contributed by atoms with Gasteiger partial charge in [0.05, 0.1) is 22.5 Å². The second-order valence-electron chi connectivity index (χ2n) is 8.23. The van der Waals surface area contributed by atoms with Crippen LogP contribution in [0.1, 0.15) is 59.8 Å². The van der Waals surface area contributed by atoms with E-state index in [2.05, 4.69) is 27.8 Å². The third kappa shape index (κ3) is 5.06. The summed E-state index contributed by atoms with van der Waals surface area (Å²) in [6, 6.07) is 19.1. The molecule has 0 saturated heterocycles. The molecule has 0 spiro atoms. The Labute approximate surface area is 188 Å². The number of ether oxygens (including phenoxy) is 1. The van der Waals surface area contributed by atoms with Gasteiger partial charge < -0.3 is 15.4 Å². The molecule has 0 aliphatic heterocycles. The van der Waals surface area contributed by atoms with Crippen molar-refractivity contribution in [1.29, 1.82) is 5.26 Å². The van der Waals surface area contributed by atoms with E-state index in [1.807, 2.05) is 50.2 Å². The molecule has 1 heterocycles. The largest absolute Gasteiger partial charge is 0.487 e. The molecule has 1 saturated carbocycles. The lowest BCUT2D eigenvalue weighted by atomic mass is 10.0. The van der Waals surface area contributed by atoms with Crippen molar-refractivity contribution in [1.82, 2.24) is 10.3 Å². The maximum absolute atomic E-state index is 12.8. The highest BCUT2D eigenvalue weighted by Crippen LogP contribution is 2.45. The number of hydrogen-bond acceptors (Lipinski definition) is 5. The van der Waals surface area contributed by atoms with Gasteiger partial charge >= 0.3 is 0 Å². The van der Waals surface area contributed by atoms with Crippen LogP contribution in [0.4, 0.5) is 11.4 Å². The standard InChI is InChI=1S/C26H26N4O2/c1-17(2)29-26(31)25-19(15-27)6-5-8-24(25)30-23-12-11-21(14-22(23)18-9-10-18)32-16-20-7-3-4-13-28-20/h3-8,11-14,17-18,30H,9-10,16H2,1-2H3,(H,29,31). The molecule has 1 fully saturated rings. The van der Waals surface area contributed by atoms with E-state index in [-0.39, 0.29) is 11.9 Å². The zero-order valence-corrected chi connectivity index (χ0v) is 18.3. The van der Waals surface area contributed by atoms with Gasteiger partial charge in [-0.15, -0.1) is 0 Å². The average Bonchev–Trinajstić information content (AvgIpc) is 3.63. The SMILES string of the molecule is CC(C)NC(=O)c1c(C#N)cccc1Nc1ccc(OCc2ccccn2)cc1C1CC1. The number of nitrogens with one attached hydrogen (secondary N) is 2. The van der Waals surface area contributed by atoms with Crippen molar-refractivity contribution in [3.8, 4) is 11.8 Å². The molecule has 2 N–H and O–H groups in total. The molecule has 0 unspecified atom stereocenters. The predicted molar refractivity (Wildman–Crippen MR) is 124 cm³/mol. The molecular formula is C26H26N4O2. The van der Waals surface area contributed by atoms with Gasteiger partial charge in [-0.1, -0.05) is 12.1 Å². The Hall–Kier alpha value is -3.85. The Bertz CT molecular complexity index is 1150.